The van der Waals surface area contributed by atoms with Crippen molar-refractivity contribution >= 4 is 5.91 Å². The molecule has 1 fully saturated rings. The Balaban J connectivity index is 2.16. The van der Waals surface area contributed by atoms with Gasteiger partial charge in [0.15, 0.2) is 0 Å². The molecule has 2 N–H and O–H groups in total. The largest absolute Gasteiger partial charge is 0.368 e. The van der Waals surface area contributed by atoms with E-state index in [4.69, 9.17) is 5.73 Å². The van der Waals surface area contributed by atoms with E-state index in [0.717, 1.165) is 13.0 Å². The molecule has 1 aliphatic heterocycles. The average molecular weight is 246 g/mol. The van der Waals surface area contributed by atoms with Crippen LogP contribution in [0.3, 0.4) is 0 Å². The molecule has 1 heterocycles. The lowest BCUT2D eigenvalue weighted by atomic mass is 9.93. The van der Waals surface area contributed by atoms with E-state index in [1.54, 1.807) is 0 Å². The highest BCUT2D eigenvalue weighted by Gasteiger charge is 2.35. The van der Waals surface area contributed by atoms with Crippen LogP contribution in [-0.2, 0) is 4.79 Å². The zero-order valence-corrected chi connectivity index (χ0v) is 11.4. The molecule has 1 aromatic carbocycles. The van der Waals surface area contributed by atoms with Crippen molar-refractivity contribution in [1.82, 2.24) is 4.90 Å². The lowest BCUT2D eigenvalue weighted by Gasteiger charge is -2.26. The minimum absolute atomic E-state index is 0.172. The Morgan fingerprint density at radius 2 is 2.11 bits per heavy atom. The second-order valence-corrected chi connectivity index (χ2v) is 5.41. The Morgan fingerprint density at radius 1 is 1.44 bits per heavy atom. The summed E-state index contributed by atoms with van der Waals surface area (Å²) in [6.45, 7) is 7.16. The topological polar surface area (TPSA) is 46.3 Å². The van der Waals surface area contributed by atoms with E-state index in [0.29, 0.717) is 12.0 Å². The second-order valence-electron chi connectivity index (χ2n) is 5.41. The highest BCUT2D eigenvalue weighted by atomic mass is 16.1. The summed E-state index contributed by atoms with van der Waals surface area (Å²) >= 11 is 0. The van der Waals surface area contributed by atoms with Gasteiger partial charge < -0.3 is 5.73 Å². The molecule has 0 aromatic heterocycles. The second kappa shape index (κ2) is 5.11. The Morgan fingerprint density at radius 3 is 2.72 bits per heavy atom. The zero-order valence-electron chi connectivity index (χ0n) is 11.4. The molecular weight excluding hydrogens is 224 g/mol. The SMILES string of the molecule is Cc1ccccc1C1CC(C)N(C(C)C(N)=O)C1. The third-order valence-electron chi connectivity index (χ3n) is 4.16. The smallest absolute Gasteiger partial charge is 0.234 e. The number of aryl methyl sites for hydroxylation is 1. The third kappa shape index (κ3) is 2.41. The molecule has 3 nitrogen and oxygen atoms in total. The maximum absolute atomic E-state index is 11.3. The molecule has 98 valence electrons. The molecule has 0 saturated carbocycles. The first-order valence-electron chi connectivity index (χ1n) is 6.61. The van der Waals surface area contributed by atoms with Crippen molar-refractivity contribution in [1.29, 1.82) is 0 Å². The summed E-state index contributed by atoms with van der Waals surface area (Å²) in [6.07, 6.45) is 1.10. The Kier molecular flexibility index (Phi) is 3.71. The van der Waals surface area contributed by atoms with Crippen LogP contribution >= 0.6 is 0 Å². The van der Waals surface area contributed by atoms with Gasteiger partial charge in [0.25, 0.3) is 0 Å². The van der Waals surface area contributed by atoms with Gasteiger partial charge in [-0.1, -0.05) is 24.3 Å². The molecular formula is C15H22N2O. The zero-order chi connectivity index (χ0) is 13.3. The summed E-state index contributed by atoms with van der Waals surface area (Å²) in [6, 6.07) is 8.76. The summed E-state index contributed by atoms with van der Waals surface area (Å²) in [5.74, 6) is 0.287. The number of carbonyl (C=O) groups is 1. The van der Waals surface area contributed by atoms with E-state index in [-0.39, 0.29) is 11.9 Å². The number of primary amides is 1. The van der Waals surface area contributed by atoms with Gasteiger partial charge in [0, 0.05) is 12.6 Å². The fraction of sp³-hybridized carbons (Fsp3) is 0.533. The van der Waals surface area contributed by atoms with Gasteiger partial charge in [-0.3, -0.25) is 9.69 Å². The first kappa shape index (κ1) is 13.1. The first-order chi connectivity index (χ1) is 8.50. The van der Waals surface area contributed by atoms with Crippen LogP contribution in [0.1, 0.15) is 37.3 Å². The van der Waals surface area contributed by atoms with Crippen LogP contribution in [-0.4, -0.2) is 29.4 Å². The van der Waals surface area contributed by atoms with E-state index >= 15 is 0 Å². The van der Waals surface area contributed by atoms with Gasteiger partial charge in [0.1, 0.15) is 0 Å². The highest BCUT2D eigenvalue weighted by molar-refractivity contribution is 5.79. The molecule has 1 amide bonds. The number of rotatable bonds is 3. The van der Waals surface area contributed by atoms with Gasteiger partial charge in [-0.25, -0.2) is 0 Å². The van der Waals surface area contributed by atoms with Crippen molar-refractivity contribution in [3.8, 4) is 0 Å². The fourth-order valence-electron chi connectivity index (χ4n) is 3.03. The van der Waals surface area contributed by atoms with Crippen molar-refractivity contribution in [3.63, 3.8) is 0 Å². The summed E-state index contributed by atoms with van der Waals surface area (Å²) in [4.78, 5) is 13.5. The normalized spacial score (nSPS) is 26.2. The van der Waals surface area contributed by atoms with Crippen LogP contribution in [0, 0.1) is 6.92 Å². The number of nitrogens with two attached hydrogens (primary N) is 1. The highest BCUT2D eigenvalue weighted by Crippen LogP contribution is 2.34. The molecule has 3 atom stereocenters. The van der Waals surface area contributed by atoms with E-state index < -0.39 is 0 Å². The summed E-state index contributed by atoms with van der Waals surface area (Å²) in [5, 5.41) is 0. The van der Waals surface area contributed by atoms with E-state index in [1.165, 1.54) is 11.1 Å². The lowest BCUT2D eigenvalue weighted by molar-refractivity contribution is -0.122. The summed E-state index contributed by atoms with van der Waals surface area (Å²) < 4.78 is 0. The monoisotopic (exact) mass is 246 g/mol. The van der Waals surface area contributed by atoms with E-state index in [9.17, 15) is 4.79 Å². The van der Waals surface area contributed by atoms with Gasteiger partial charge in [-0.2, -0.15) is 0 Å². The Hall–Kier alpha value is -1.35. The fourth-order valence-corrected chi connectivity index (χ4v) is 3.03. The number of amides is 1. The van der Waals surface area contributed by atoms with E-state index in [2.05, 4.69) is 43.0 Å². The van der Waals surface area contributed by atoms with Crippen molar-refractivity contribution in [3.05, 3.63) is 35.4 Å². The molecule has 1 aromatic rings. The molecule has 0 aliphatic carbocycles. The average Bonchev–Trinajstić information content (AvgIpc) is 2.70. The minimum atomic E-state index is -0.229. The number of likely N-dealkylation sites (tertiary alicyclic amines) is 1. The predicted molar refractivity (Wildman–Crippen MR) is 73.4 cm³/mol. The van der Waals surface area contributed by atoms with Crippen LogP contribution in [0.5, 0.6) is 0 Å². The maximum Gasteiger partial charge on any atom is 0.234 e. The predicted octanol–water partition coefficient (Wildman–Crippen LogP) is 2.05. The van der Waals surface area contributed by atoms with E-state index in [1.807, 2.05) is 6.92 Å². The van der Waals surface area contributed by atoms with Crippen molar-refractivity contribution < 1.29 is 4.79 Å². The molecule has 0 bridgehead atoms. The van der Waals surface area contributed by atoms with Gasteiger partial charge in [-0.15, -0.1) is 0 Å². The van der Waals surface area contributed by atoms with Crippen LogP contribution in [0.25, 0.3) is 0 Å². The van der Waals surface area contributed by atoms with Crippen LogP contribution < -0.4 is 5.73 Å². The van der Waals surface area contributed by atoms with Gasteiger partial charge in [0.2, 0.25) is 5.91 Å². The van der Waals surface area contributed by atoms with Crippen LogP contribution in [0.15, 0.2) is 24.3 Å². The number of hydrogen-bond acceptors (Lipinski definition) is 2. The van der Waals surface area contributed by atoms with Gasteiger partial charge >= 0.3 is 0 Å². The maximum atomic E-state index is 11.3. The van der Waals surface area contributed by atoms with Crippen molar-refractivity contribution in [2.75, 3.05) is 6.54 Å². The number of benzene rings is 1. The standard InChI is InChI=1S/C15H22N2O/c1-10-6-4-5-7-14(10)13-8-11(2)17(9-13)12(3)15(16)18/h4-7,11-13H,8-9H2,1-3H3,(H2,16,18). The van der Waals surface area contributed by atoms with Gasteiger partial charge in [0.05, 0.1) is 6.04 Å². The Labute approximate surface area is 109 Å². The molecule has 0 radical (unpaired) electrons. The van der Waals surface area contributed by atoms with Crippen LogP contribution in [0.4, 0.5) is 0 Å². The quantitative estimate of drug-likeness (QED) is 0.887. The first-order valence-corrected chi connectivity index (χ1v) is 6.61. The third-order valence-corrected chi connectivity index (χ3v) is 4.16. The van der Waals surface area contributed by atoms with Crippen molar-refractivity contribution in [2.45, 2.75) is 45.2 Å². The van der Waals surface area contributed by atoms with Crippen molar-refractivity contribution in [2.24, 2.45) is 5.73 Å². The molecule has 3 heteroatoms. The number of nitrogens with zero attached hydrogens (tertiary/aromatic N) is 1. The molecule has 2 rings (SSSR count). The number of hydrogen-bond donors (Lipinski definition) is 1. The minimum Gasteiger partial charge on any atom is -0.368 e. The molecule has 18 heavy (non-hydrogen) atoms. The summed E-state index contributed by atoms with van der Waals surface area (Å²) in [5.41, 5.74) is 8.15. The lowest BCUT2D eigenvalue weighted by Crippen LogP contribution is -2.44. The Bertz CT molecular complexity index is 444. The molecule has 3 unspecified atom stereocenters. The van der Waals surface area contributed by atoms with Gasteiger partial charge in [-0.05, 0) is 44.2 Å². The molecule has 1 aliphatic rings. The van der Waals surface area contributed by atoms with Crippen LogP contribution in [0.2, 0.25) is 0 Å². The summed E-state index contributed by atoms with van der Waals surface area (Å²) in [7, 11) is 0. The molecule has 0 spiro atoms. The number of carbonyl (C=O) groups excluding carboxylic acids is 1. The molecule has 1 saturated heterocycles.